The second kappa shape index (κ2) is 3.80. The van der Waals surface area contributed by atoms with Crippen molar-refractivity contribution in [1.82, 2.24) is 4.57 Å². The zero-order valence-electron chi connectivity index (χ0n) is 8.03. The predicted molar refractivity (Wildman–Crippen MR) is 53.5 cm³/mol. The van der Waals surface area contributed by atoms with Gasteiger partial charge in [0.2, 0.25) is 0 Å². The Bertz CT molecular complexity index is 436. The lowest BCUT2D eigenvalue weighted by atomic mass is 10.2. The van der Waals surface area contributed by atoms with Gasteiger partial charge in [-0.25, -0.2) is 4.39 Å². The summed E-state index contributed by atoms with van der Waals surface area (Å²) in [6.07, 6.45) is 1.90. The number of hydrogen-bond donors (Lipinski definition) is 0. The van der Waals surface area contributed by atoms with Crippen LogP contribution >= 0.6 is 0 Å². The maximum absolute atomic E-state index is 12.9. The topological polar surface area (TPSA) is 14.2 Å². The third kappa shape index (κ3) is 1.63. The van der Waals surface area contributed by atoms with Gasteiger partial charge in [0, 0.05) is 18.2 Å². The van der Waals surface area contributed by atoms with Gasteiger partial charge in [-0.2, -0.15) is 0 Å². The van der Waals surface area contributed by atoms with Crippen LogP contribution < -0.4 is 0 Å². The van der Waals surface area contributed by atoms with E-state index in [2.05, 4.69) is 0 Å². The monoisotopic (exact) mass is 193 g/mol. The molecule has 0 aliphatic rings. The Hall–Kier alpha value is -1.35. The lowest BCUT2D eigenvalue weighted by molar-refractivity contribution is 0.0909. The average molecular weight is 193 g/mol. The molecule has 0 radical (unpaired) electrons. The Balaban J connectivity index is 2.37. The summed E-state index contributed by atoms with van der Waals surface area (Å²) >= 11 is 0. The van der Waals surface area contributed by atoms with Gasteiger partial charge in [0.15, 0.2) is 0 Å². The highest BCUT2D eigenvalue weighted by atomic mass is 19.1. The standard InChI is InChI=1S/C11H12FNO/c1-2-14-8-13-6-5-9-7-10(12)3-4-11(9)13/h3-7H,2,8H2,1H3. The van der Waals surface area contributed by atoms with Gasteiger partial charge in [-0.05, 0) is 31.2 Å². The fourth-order valence-electron chi connectivity index (χ4n) is 1.47. The number of rotatable bonds is 3. The molecular weight excluding hydrogens is 181 g/mol. The molecule has 0 amide bonds. The minimum Gasteiger partial charge on any atom is -0.361 e. The molecular formula is C11H12FNO. The first-order valence-electron chi connectivity index (χ1n) is 4.63. The number of halogens is 1. The molecule has 0 atom stereocenters. The Morgan fingerprint density at radius 3 is 3.00 bits per heavy atom. The Kier molecular flexibility index (Phi) is 2.50. The third-order valence-corrected chi connectivity index (χ3v) is 2.17. The van der Waals surface area contributed by atoms with Crippen molar-refractivity contribution < 1.29 is 9.13 Å². The predicted octanol–water partition coefficient (Wildman–Crippen LogP) is 2.77. The molecule has 0 bridgehead atoms. The van der Waals surface area contributed by atoms with Crippen molar-refractivity contribution in [2.24, 2.45) is 0 Å². The van der Waals surface area contributed by atoms with Crippen molar-refractivity contribution in [3.63, 3.8) is 0 Å². The van der Waals surface area contributed by atoms with Crippen molar-refractivity contribution in [2.45, 2.75) is 13.7 Å². The molecule has 0 unspecified atom stereocenters. The van der Waals surface area contributed by atoms with Crippen LogP contribution in [0.2, 0.25) is 0 Å². The Labute approximate surface area is 81.9 Å². The van der Waals surface area contributed by atoms with E-state index in [1.807, 2.05) is 23.8 Å². The highest BCUT2D eigenvalue weighted by Crippen LogP contribution is 2.16. The molecule has 0 N–H and O–H groups in total. The summed E-state index contributed by atoms with van der Waals surface area (Å²) in [5.41, 5.74) is 1.000. The first-order valence-corrected chi connectivity index (χ1v) is 4.63. The molecule has 1 aromatic heterocycles. The van der Waals surface area contributed by atoms with Crippen LogP contribution in [0.3, 0.4) is 0 Å². The normalized spacial score (nSPS) is 11.0. The summed E-state index contributed by atoms with van der Waals surface area (Å²) in [7, 11) is 0. The molecule has 0 aliphatic carbocycles. The van der Waals surface area contributed by atoms with Crippen LogP contribution in [0.25, 0.3) is 10.9 Å². The van der Waals surface area contributed by atoms with E-state index >= 15 is 0 Å². The van der Waals surface area contributed by atoms with Gasteiger partial charge in [0.05, 0.1) is 5.52 Å². The highest BCUT2D eigenvalue weighted by molar-refractivity contribution is 5.80. The first kappa shape index (κ1) is 9.21. The van der Waals surface area contributed by atoms with E-state index in [-0.39, 0.29) is 5.82 Å². The smallest absolute Gasteiger partial charge is 0.123 e. The van der Waals surface area contributed by atoms with Crippen LogP contribution in [0.15, 0.2) is 30.5 Å². The van der Waals surface area contributed by atoms with Gasteiger partial charge in [0.25, 0.3) is 0 Å². The maximum Gasteiger partial charge on any atom is 0.123 e. The van der Waals surface area contributed by atoms with E-state index in [0.29, 0.717) is 13.3 Å². The molecule has 3 heteroatoms. The molecule has 14 heavy (non-hydrogen) atoms. The van der Waals surface area contributed by atoms with Crippen LogP contribution in [0.4, 0.5) is 4.39 Å². The summed E-state index contributed by atoms with van der Waals surface area (Å²) in [5, 5.41) is 0.907. The fourth-order valence-corrected chi connectivity index (χ4v) is 1.47. The van der Waals surface area contributed by atoms with Gasteiger partial charge < -0.3 is 9.30 Å². The van der Waals surface area contributed by atoms with Gasteiger partial charge in [-0.15, -0.1) is 0 Å². The first-order chi connectivity index (χ1) is 6.81. The summed E-state index contributed by atoms with van der Waals surface area (Å²) < 4.78 is 20.1. The van der Waals surface area contributed by atoms with Crippen LogP contribution in [0.5, 0.6) is 0 Å². The van der Waals surface area contributed by atoms with E-state index in [4.69, 9.17) is 4.74 Å². The van der Waals surface area contributed by atoms with Gasteiger partial charge >= 0.3 is 0 Å². The van der Waals surface area contributed by atoms with Crippen molar-refractivity contribution in [3.8, 4) is 0 Å². The molecule has 2 rings (SSSR count). The molecule has 0 aliphatic heterocycles. The van der Waals surface area contributed by atoms with Crippen LogP contribution in [0, 0.1) is 5.82 Å². The Morgan fingerprint density at radius 1 is 1.36 bits per heavy atom. The van der Waals surface area contributed by atoms with E-state index in [1.54, 1.807) is 6.07 Å². The van der Waals surface area contributed by atoms with Gasteiger partial charge in [-0.1, -0.05) is 0 Å². The molecule has 0 spiro atoms. The van der Waals surface area contributed by atoms with E-state index in [0.717, 1.165) is 10.9 Å². The van der Waals surface area contributed by atoms with Crippen molar-refractivity contribution in [1.29, 1.82) is 0 Å². The van der Waals surface area contributed by atoms with Crippen LogP contribution in [-0.2, 0) is 11.5 Å². The zero-order valence-corrected chi connectivity index (χ0v) is 8.03. The molecule has 2 nitrogen and oxygen atoms in total. The van der Waals surface area contributed by atoms with Crippen LogP contribution in [0.1, 0.15) is 6.92 Å². The largest absolute Gasteiger partial charge is 0.361 e. The van der Waals surface area contributed by atoms with Gasteiger partial charge in [-0.3, -0.25) is 0 Å². The molecule has 1 aromatic carbocycles. The number of benzene rings is 1. The summed E-state index contributed by atoms with van der Waals surface area (Å²) in [4.78, 5) is 0. The number of nitrogens with zero attached hydrogens (tertiary/aromatic N) is 1. The zero-order chi connectivity index (χ0) is 9.97. The van der Waals surface area contributed by atoms with Crippen LogP contribution in [-0.4, -0.2) is 11.2 Å². The number of ether oxygens (including phenoxy) is 1. The number of fused-ring (bicyclic) bond motifs is 1. The molecule has 74 valence electrons. The minimum absolute atomic E-state index is 0.202. The molecule has 2 aromatic rings. The highest BCUT2D eigenvalue weighted by Gasteiger charge is 2.01. The molecule has 0 saturated carbocycles. The van der Waals surface area contributed by atoms with E-state index < -0.39 is 0 Å². The minimum atomic E-state index is -0.202. The van der Waals surface area contributed by atoms with Crippen molar-refractivity contribution >= 4 is 10.9 Å². The summed E-state index contributed by atoms with van der Waals surface area (Å²) in [6.45, 7) is 3.15. The number of aromatic nitrogens is 1. The quantitative estimate of drug-likeness (QED) is 0.731. The summed E-state index contributed by atoms with van der Waals surface area (Å²) in [6, 6.07) is 6.64. The van der Waals surface area contributed by atoms with Gasteiger partial charge in [0.1, 0.15) is 12.5 Å². The lowest BCUT2D eigenvalue weighted by Crippen LogP contribution is -2.00. The number of hydrogen-bond acceptors (Lipinski definition) is 1. The van der Waals surface area contributed by atoms with E-state index in [9.17, 15) is 4.39 Å². The van der Waals surface area contributed by atoms with Crippen molar-refractivity contribution in [3.05, 3.63) is 36.3 Å². The van der Waals surface area contributed by atoms with Crippen molar-refractivity contribution in [2.75, 3.05) is 6.61 Å². The lowest BCUT2D eigenvalue weighted by Gasteiger charge is -2.04. The molecule has 0 saturated heterocycles. The second-order valence-corrected chi connectivity index (χ2v) is 3.11. The average Bonchev–Trinajstić information content (AvgIpc) is 2.57. The maximum atomic E-state index is 12.9. The van der Waals surface area contributed by atoms with E-state index in [1.165, 1.54) is 12.1 Å². The Morgan fingerprint density at radius 2 is 2.21 bits per heavy atom. The summed E-state index contributed by atoms with van der Waals surface area (Å²) in [5.74, 6) is -0.202. The molecule has 1 heterocycles. The third-order valence-electron chi connectivity index (χ3n) is 2.17. The second-order valence-electron chi connectivity index (χ2n) is 3.11. The fraction of sp³-hybridized carbons (Fsp3) is 0.273. The molecule has 0 fully saturated rings. The SMILES string of the molecule is CCOCn1ccc2cc(F)ccc21.